The van der Waals surface area contributed by atoms with E-state index in [-0.39, 0.29) is 11.9 Å². The Balaban J connectivity index is 2.38. The van der Waals surface area contributed by atoms with Crippen LogP contribution in [0.15, 0.2) is 0 Å². The summed E-state index contributed by atoms with van der Waals surface area (Å²) in [5, 5.41) is 0. The molecule has 4 nitrogen and oxygen atoms in total. The van der Waals surface area contributed by atoms with E-state index in [9.17, 15) is 9.59 Å². The summed E-state index contributed by atoms with van der Waals surface area (Å²) < 4.78 is 0. The number of unbranched alkanes of at least 4 members (excludes halogenated alkanes) is 1. The van der Waals surface area contributed by atoms with Crippen molar-refractivity contribution in [2.75, 3.05) is 0 Å². The maximum Gasteiger partial charge on any atom is 0.321 e. The van der Waals surface area contributed by atoms with E-state index in [0.29, 0.717) is 6.42 Å². The lowest BCUT2D eigenvalue weighted by Crippen LogP contribution is -2.57. The molecule has 12 heavy (non-hydrogen) atoms. The molecular formula is C8H14N2O2. The molecule has 3 amide bonds. The molecule has 1 fully saturated rings. The Kier molecular flexibility index (Phi) is 2.68. The summed E-state index contributed by atoms with van der Waals surface area (Å²) in [7, 11) is 0. The maximum absolute atomic E-state index is 10.9. The second kappa shape index (κ2) is 3.56. The molecule has 1 rings (SSSR count). The first-order chi connectivity index (χ1) is 5.66. The topological polar surface area (TPSA) is 63.4 Å². The zero-order valence-electron chi connectivity index (χ0n) is 7.25. The van der Waals surface area contributed by atoms with Crippen molar-refractivity contribution in [3.63, 3.8) is 0 Å². The predicted octanol–water partition coefficient (Wildman–Crippen LogP) is 0.856. The van der Waals surface area contributed by atoms with Gasteiger partial charge in [0.05, 0.1) is 6.04 Å². The van der Waals surface area contributed by atoms with Gasteiger partial charge in [0, 0.05) is 6.42 Å². The minimum absolute atomic E-state index is 0.0787. The Morgan fingerprint density at radius 2 is 2.42 bits per heavy atom. The summed E-state index contributed by atoms with van der Waals surface area (Å²) in [6.45, 7) is 2.08. The van der Waals surface area contributed by atoms with Crippen LogP contribution in [0.1, 0.15) is 32.6 Å². The molecule has 0 aromatic carbocycles. The van der Waals surface area contributed by atoms with Gasteiger partial charge in [-0.1, -0.05) is 19.8 Å². The molecule has 0 aromatic rings. The molecule has 2 N–H and O–H groups in total. The van der Waals surface area contributed by atoms with E-state index in [4.69, 9.17) is 5.73 Å². The molecule has 1 heterocycles. The Bertz CT molecular complexity index is 195. The first-order valence-electron chi connectivity index (χ1n) is 4.28. The number of amides is 3. The van der Waals surface area contributed by atoms with Crippen LogP contribution in [-0.4, -0.2) is 22.9 Å². The second-order valence-electron chi connectivity index (χ2n) is 3.10. The number of β-lactam (4-membered cyclic amide) rings is 1. The molecule has 68 valence electrons. The largest absolute Gasteiger partial charge is 0.351 e. The average Bonchev–Trinajstić information content (AvgIpc) is 1.95. The highest BCUT2D eigenvalue weighted by Crippen LogP contribution is 2.23. The van der Waals surface area contributed by atoms with Crippen LogP contribution in [0.25, 0.3) is 0 Å². The number of urea groups is 1. The molecule has 1 saturated heterocycles. The van der Waals surface area contributed by atoms with Crippen molar-refractivity contribution in [3.05, 3.63) is 0 Å². The fourth-order valence-corrected chi connectivity index (χ4v) is 1.46. The van der Waals surface area contributed by atoms with Crippen LogP contribution in [-0.2, 0) is 4.79 Å². The molecule has 0 spiro atoms. The minimum atomic E-state index is -0.604. The quantitative estimate of drug-likeness (QED) is 0.638. The summed E-state index contributed by atoms with van der Waals surface area (Å²) in [6.07, 6.45) is 3.51. The van der Waals surface area contributed by atoms with E-state index in [1.807, 2.05) is 0 Å². The van der Waals surface area contributed by atoms with E-state index in [0.717, 1.165) is 24.2 Å². The van der Waals surface area contributed by atoms with Gasteiger partial charge in [0.25, 0.3) is 0 Å². The van der Waals surface area contributed by atoms with E-state index >= 15 is 0 Å². The standard InChI is InChI=1S/C8H14N2O2/c1-2-3-4-6-5-7(11)10(6)8(9)12/h6H,2-5H2,1H3,(H2,9,12). The molecule has 1 unspecified atom stereocenters. The number of rotatable bonds is 3. The molecule has 1 aliphatic heterocycles. The summed E-state index contributed by atoms with van der Waals surface area (Å²) >= 11 is 0. The number of carbonyl (C=O) groups excluding carboxylic acids is 2. The summed E-state index contributed by atoms with van der Waals surface area (Å²) in [4.78, 5) is 22.7. The number of hydrogen-bond donors (Lipinski definition) is 1. The highest BCUT2D eigenvalue weighted by molar-refractivity contribution is 5.99. The number of imide groups is 1. The van der Waals surface area contributed by atoms with Crippen molar-refractivity contribution in [3.8, 4) is 0 Å². The van der Waals surface area contributed by atoms with Crippen molar-refractivity contribution in [1.29, 1.82) is 0 Å². The molecule has 1 atom stereocenters. The number of primary amides is 1. The van der Waals surface area contributed by atoms with Gasteiger partial charge >= 0.3 is 6.03 Å². The number of nitrogens with zero attached hydrogens (tertiary/aromatic N) is 1. The average molecular weight is 170 g/mol. The van der Waals surface area contributed by atoms with Gasteiger partial charge in [-0.05, 0) is 6.42 Å². The number of hydrogen-bond acceptors (Lipinski definition) is 2. The van der Waals surface area contributed by atoms with Crippen molar-refractivity contribution < 1.29 is 9.59 Å². The molecule has 0 bridgehead atoms. The lowest BCUT2D eigenvalue weighted by atomic mass is 9.97. The van der Waals surface area contributed by atoms with Gasteiger partial charge in [0.15, 0.2) is 0 Å². The van der Waals surface area contributed by atoms with Crippen LogP contribution in [0.5, 0.6) is 0 Å². The molecular weight excluding hydrogens is 156 g/mol. The third-order valence-electron chi connectivity index (χ3n) is 2.17. The fourth-order valence-electron chi connectivity index (χ4n) is 1.46. The monoisotopic (exact) mass is 170 g/mol. The van der Waals surface area contributed by atoms with Crippen LogP contribution in [0.4, 0.5) is 4.79 Å². The van der Waals surface area contributed by atoms with Gasteiger partial charge in [0.2, 0.25) is 5.91 Å². The summed E-state index contributed by atoms with van der Waals surface area (Å²) in [6, 6.07) is -0.526. The summed E-state index contributed by atoms with van der Waals surface area (Å²) in [5.74, 6) is -0.136. The third-order valence-corrected chi connectivity index (χ3v) is 2.17. The highest BCUT2D eigenvalue weighted by atomic mass is 16.2. The normalized spacial score (nSPS) is 22.2. The Labute approximate surface area is 71.7 Å². The van der Waals surface area contributed by atoms with E-state index in [1.54, 1.807) is 0 Å². The maximum atomic E-state index is 10.9. The molecule has 0 aliphatic carbocycles. The Morgan fingerprint density at radius 3 is 2.83 bits per heavy atom. The third kappa shape index (κ3) is 1.57. The van der Waals surface area contributed by atoms with Gasteiger partial charge < -0.3 is 5.73 Å². The lowest BCUT2D eigenvalue weighted by Gasteiger charge is -2.37. The van der Waals surface area contributed by atoms with Crippen molar-refractivity contribution in [2.45, 2.75) is 38.6 Å². The number of carbonyl (C=O) groups is 2. The smallest absolute Gasteiger partial charge is 0.321 e. The molecule has 0 saturated carbocycles. The number of likely N-dealkylation sites (tertiary alicyclic amines) is 1. The van der Waals surface area contributed by atoms with Crippen LogP contribution in [0.2, 0.25) is 0 Å². The van der Waals surface area contributed by atoms with E-state index in [1.165, 1.54) is 0 Å². The van der Waals surface area contributed by atoms with Crippen LogP contribution in [0.3, 0.4) is 0 Å². The first-order valence-corrected chi connectivity index (χ1v) is 4.28. The van der Waals surface area contributed by atoms with Gasteiger partial charge in [-0.15, -0.1) is 0 Å². The number of nitrogens with two attached hydrogens (primary N) is 1. The van der Waals surface area contributed by atoms with Crippen molar-refractivity contribution >= 4 is 11.9 Å². The summed E-state index contributed by atoms with van der Waals surface area (Å²) in [5.41, 5.74) is 5.02. The predicted molar refractivity (Wildman–Crippen MR) is 44.4 cm³/mol. The van der Waals surface area contributed by atoms with Crippen LogP contribution >= 0.6 is 0 Å². The highest BCUT2D eigenvalue weighted by Gasteiger charge is 2.38. The van der Waals surface area contributed by atoms with Gasteiger partial charge in [-0.3, -0.25) is 9.69 Å². The molecule has 0 aromatic heterocycles. The van der Waals surface area contributed by atoms with E-state index in [2.05, 4.69) is 6.92 Å². The molecule has 1 aliphatic rings. The molecule has 0 radical (unpaired) electrons. The Hall–Kier alpha value is -1.06. The zero-order chi connectivity index (χ0) is 9.14. The second-order valence-corrected chi connectivity index (χ2v) is 3.10. The van der Waals surface area contributed by atoms with Crippen LogP contribution < -0.4 is 5.73 Å². The fraction of sp³-hybridized carbons (Fsp3) is 0.750. The molecule has 4 heteroatoms. The lowest BCUT2D eigenvalue weighted by molar-refractivity contribution is -0.140. The minimum Gasteiger partial charge on any atom is -0.351 e. The zero-order valence-corrected chi connectivity index (χ0v) is 7.25. The van der Waals surface area contributed by atoms with Crippen LogP contribution in [0, 0.1) is 0 Å². The SMILES string of the molecule is CCCCC1CC(=O)N1C(N)=O. The van der Waals surface area contributed by atoms with Crippen molar-refractivity contribution in [1.82, 2.24) is 4.90 Å². The van der Waals surface area contributed by atoms with Gasteiger partial charge in [-0.25, -0.2) is 4.79 Å². The van der Waals surface area contributed by atoms with Gasteiger partial charge in [0.1, 0.15) is 0 Å². The Morgan fingerprint density at radius 1 is 1.75 bits per heavy atom. The van der Waals surface area contributed by atoms with Gasteiger partial charge in [-0.2, -0.15) is 0 Å². The van der Waals surface area contributed by atoms with E-state index < -0.39 is 6.03 Å². The van der Waals surface area contributed by atoms with Crippen molar-refractivity contribution in [2.24, 2.45) is 5.73 Å². The first kappa shape index (κ1) is 9.03.